The lowest BCUT2D eigenvalue weighted by atomic mass is 10.2. The zero-order chi connectivity index (χ0) is 22.4. The van der Waals surface area contributed by atoms with E-state index < -0.39 is 15.9 Å². The first kappa shape index (κ1) is 22.8. The van der Waals surface area contributed by atoms with Gasteiger partial charge in [0.1, 0.15) is 0 Å². The van der Waals surface area contributed by atoms with Crippen molar-refractivity contribution in [3.63, 3.8) is 0 Å². The van der Waals surface area contributed by atoms with Crippen LogP contribution in [0.5, 0.6) is 0 Å². The second kappa shape index (κ2) is 9.93. The summed E-state index contributed by atoms with van der Waals surface area (Å²) in [4.78, 5) is 29.0. The molecule has 31 heavy (non-hydrogen) atoms. The highest BCUT2D eigenvalue weighted by atomic mass is 32.2. The topological polar surface area (TPSA) is 90.0 Å². The third kappa shape index (κ3) is 5.62. The molecular formula is C22H28N4O4S. The number of rotatable bonds is 7. The number of nitrogens with one attached hydrogen (secondary N) is 1. The molecule has 1 aliphatic heterocycles. The monoisotopic (exact) mass is 444 g/mol. The number of amides is 2. The number of carbonyl (C=O) groups excluding carboxylic acids is 2. The van der Waals surface area contributed by atoms with Crippen LogP contribution >= 0.6 is 0 Å². The molecule has 2 aromatic carbocycles. The highest BCUT2D eigenvalue weighted by Crippen LogP contribution is 2.16. The Morgan fingerprint density at radius 3 is 2.29 bits per heavy atom. The Bertz CT molecular complexity index is 1020. The van der Waals surface area contributed by atoms with Crippen LogP contribution in [-0.4, -0.2) is 76.3 Å². The summed E-state index contributed by atoms with van der Waals surface area (Å²) in [6.07, 6.45) is 0.201. The van der Waals surface area contributed by atoms with E-state index in [-0.39, 0.29) is 29.3 Å². The van der Waals surface area contributed by atoms with Gasteiger partial charge in [0, 0.05) is 64.5 Å². The number of nitrogens with zero attached hydrogens (tertiary/aromatic N) is 3. The Balaban J connectivity index is 1.47. The summed E-state index contributed by atoms with van der Waals surface area (Å²) in [5.41, 5.74) is 1.40. The molecule has 2 amide bonds. The van der Waals surface area contributed by atoms with Gasteiger partial charge in [-0.15, -0.1) is 0 Å². The standard InChI is InChI=1S/C22H28N4O4S/c1-24(2)31(29,30)20-10-6-7-18(17-20)22(28)23-12-11-21(27)26-15-13-25(14-16-26)19-8-4-3-5-9-19/h3-10,17H,11-16H2,1-2H3,(H,23,28). The highest BCUT2D eigenvalue weighted by Gasteiger charge is 2.22. The molecule has 0 radical (unpaired) electrons. The first-order chi connectivity index (χ1) is 14.8. The molecule has 0 bridgehead atoms. The van der Waals surface area contributed by atoms with E-state index in [4.69, 9.17) is 0 Å². The second-order valence-electron chi connectivity index (χ2n) is 7.52. The van der Waals surface area contributed by atoms with E-state index in [9.17, 15) is 18.0 Å². The minimum absolute atomic E-state index is 0.00283. The van der Waals surface area contributed by atoms with Gasteiger partial charge in [0.2, 0.25) is 15.9 Å². The lowest BCUT2D eigenvalue weighted by Gasteiger charge is -2.36. The molecule has 0 spiro atoms. The van der Waals surface area contributed by atoms with Crippen molar-refractivity contribution in [3.8, 4) is 0 Å². The Hall–Kier alpha value is -2.91. The molecular weight excluding hydrogens is 416 g/mol. The smallest absolute Gasteiger partial charge is 0.251 e. The molecule has 8 nitrogen and oxygen atoms in total. The van der Waals surface area contributed by atoms with Gasteiger partial charge in [0.25, 0.3) is 5.91 Å². The Labute approximate surface area is 183 Å². The number of hydrogen-bond acceptors (Lipinski definition) is 5. The lowest BCUT2D eigenvalue weighted by molar-refractivity contribution is -0.131. The van der Waals surface area contributed by atoms with Crippen LogP contribution < -0.4 is 10.2 Å². The minimum Gasteiger partial charge on any atom is -0.368 e. The van der Waals surface area contributed by atoms with E-state index in [1.165, 1.54) is 32.3 Å². The average molecular weight is 445 g/mol. The third-order valence-electron chi connectivity index (χ3n) is 5.25. The quantitative estimate of drug-likeness (QED) is 0.697. The van der Waals surface area contributed by atoms with Crippen LogP contribution in [0, 0.1) is 0 Å². The molecule has 1 saturated heterocycles. The fraction of sp³-hybridized carbons (Fsp3) is 0.364. The zero-order valence-corrected chi connectivity index (χ0v) is 18.6. The molecule has 0 aromatic heterocycles. The summed E-state index contributed by atoms with van der Waals surface area (Å²) in [5.74, 6) is -0.408. The Morgan fingerprint density at radius 1 is 0.968 bits per heavy atom. The van der Waals surface area contributed by atoms with Crippen LogP contribution in [0.3, 0.4) is 0 Å². The van der Waals surface area contributed by atoms with Gasteiger partial charge in [0.05, 0.1) is 4.90 Å². The summed E-state index contributed by atoms with van der Waals surface area (Å²) in [6, 6.07) is 16.0. The van der Waals surface area contributed by atoms with Gasteiger partial charge in [-0.1, -0.05) is 24.3 Å². The molecule has 166 valence electrons. The van der Waals surface area contributed by atoms with Crippen molar-refractivity contribution in [2.24, 2.45) is 0 Å². The fourth-order valence-corrected chi connectivity index (χ4v) is 4.35. The molecule has 3 rings (SSSR count). The van der Waals surface area contributed by atoms with Crippen LogP contribution in [0.15, 0.2) is 59.5 Å². The molecule has 1 N–H and O–H groups in total. The third-order valence-corrected chi connectivity index (χ3v) is 7.06. The van der Waals surface area contributed by atoms with Gasteiger partial charge in [0.15, 0.2) is 0 Å². The average Bonchev–Trinajstić information content (AvgIpc) is 2.79. The number of anilines is 1. The molecule has 0 saturated carbocycles. The van der Waals surface area contributed by atoms with Crippen LogP contribution in [0.1, 0.15) is 16.8 Å². The number of carbonyl (C=O) groups is 2. The van der Waals surface area contributed by atoms with Crippen LogP contribution in [-0.2, 0) is 14.8 Å². The number of para-hydroxylation sites is 1. The summed E-state index contributed by atoms with van der Waals surface area (Å²) in [5, 5.41) is 2.71. The van der Waals surface area contributed by atoms with Gasteiger partial charge in [-0.05, 0) is 30.3 Å². The van der Waals surface area contributed by atoms with Gasteiger partial charge in [-0.2, -0.15) is 0 Å². The van der Waals surface area contributed by atoms with E-state index in [1.807, 2.05) is 23.1 Å². The zero-order valence-electron chi connectivity index (χ0n) is 17.8. The maximum atomic E-state index is 12.5. The molecule has 9 heteroatoms. The normalized spacial score (nSPS) is 14.5. The first-order valence-electron chi connectivity index (χ1n) is 10.2. The van der Waals surface area contributed by atoms with Crippen LogP contribution in [0.2, 0.25) is 0 Å². The van der Waals surface area contributed by atoms with Gasteiger partial charge >= 0.3 is 0 Å². The van der Waals surface area contributed by atoms with Gasteiger partial charge < -0.3 is 15.1 Å². The van der Waals surface area contributed by atoms with E-state index in [2.05, 4.69) is 22.3 Å². The van der Waals surface area contributed by atoms with E-state index in [0.717, 1.165) is 23.1 Å². The Kier molecular flexibility index (Phi) is 7.29. The van der Waals surface area contributed by atoms with Crippen LogP contribution in [0.25, 0.3) is 0 Å². The van der Waals surface area contributed by atoms with Crippen molar-refractivity contribution < 1.29 is 18.0 Å². The molecule has 0 unspecified atom stereocenters. The Morgan fingerprint density at radius 2 is 1.65 bits per heavy atom. The second-order valence-corrected chi connectivity index (χ2v) is 9.68. The molecule has 2 aromatic rings. The predicted molar refractivity (Wildman–Crippen MR) is 120 cm³/mol. The van der Waals surface area contributed by atoms with Crippen molar-refractivity contribution >= 4 is 27.5 Å². The summed E-state index contributed by atoms with van der Waals surface area (Å²) < 4.78 is 25.6. The van der Waals surface area contributed by atoms with E-state index in [0.29, 0.717) is 13.1 Å². The SMILES string of the molecule is CN(C)S(=O)(=O)c1cccc(C(=O)NCCC(=O)N2CCN(c3ccccc3)CC2)c1. The summed E-state index contributed by atoms with van der Waals surface area (Å²) >= 11 is 0. The van der Waals surface area contributed by atoms with Gasteiger partial charge in [-0.25, -0.2) is 12.7 Å². The molecule has 0 atom stereocenters. The largest absolute Gasteiger partial charge is 0.368 e. The van der Waals surface area contributed by atoms with Gasteiger partial charge in [-0.3, -0.25) is 9.59 Å². The number of hydrogen-bond donors (Lipinski definition) is 1. The number of sulfonamides is 1. The highest BCUT2D eigenvalue weighted by molar-refractivity contribution is 7.89. The number of benzene rings is 2. The van der Waals surface area contributed by atoms with E-state index >= 15 is 0 Å². The fourth-order valence-electron chi connectivity index (χ4n) is 3.40. The molecule has 1 heterocycles. The maximum Gasteiger partial charge on any atom is 0.251 e. The predicted octanol–water partition coefficient (Wildman–Crippen LogP) is 1.41. The number of piperazine rings is 1. The summed E-state index contributed by atoms with van der Waals surface area (Å²) in [7, 11) is -0.742. The molecule has 0 aliphatic carbocycles. The van der Waals surface area contributed by atoms with Crippen molar-refractivity contribution in [2.45, 2.75) is 11.3 Å². The van der Waals surface area contributed by atoms with Crippen molar-refractivity contribution in [1.82, 2.24) is 14.5 Å². The lowest BCUT2D eigenvalue weighted by Crippen LogP contribution is -2.49. The maximum absolute atomic E-state index is 12.5. The van der Waals surface area contributed by atoms with Crippen molar-refractivity contribution in [3.05, 3.63) is 60.2 Å². The van der Waals surface area contributed by atoms with Crippen molar-refractivity contribution in [1.29, 1.82) is 0 Å². The van der Waals surface area contributed by atoms with Crippen molar-refractivity contribution in [2.75, 3.05) is 51.7 Å². The minimum atomic E-state index is -3.62. The molecule has 1 aliphatic rings. The molecule has 1 fully saturated rings. The first-order valence-corrected chi connectivity index (χ1v) is 11.6. The van der Waals surface area contributed by atoms with Crippen LogP contribution in [0.4, 0.5) is 5.69 Å². The van der Waals surface area contributed by atoms with E-state index in [1.54, 1.807) is 6.07 Å². The summed E-state index contributed by atoms with van der Waals surface area (Å²) in [6.45, 7) is 3.03.